The molecule has 2 N–H and O–H groups in total. The number of nitrogens with one attached hydrogen (secondary N) is 2. The second-order valence-electron chi connectivity index (χ2n) is 4.78. The average molecular weight is 204 g/mol. The largest absolute Gasteiger partial charge is 0.298 e. The Bertz CT molecular complexity index is 318. The Morgan fingerprint density at radius 1 is 1.00 bits per heavy atom. The van der Waals surface area contributed by atoms with E-state index in [2.05, 4.69) is 49.6 Å². The van der Waals surface area contributed by atoms with Crippen LogP contribution in [0, 0.1) is 19.8 Å². The van der Waals surface area contributed by atoms with Crippen molar-refractivity contribution in [2.75, 3.05) is 13.1 Å². The van der Waals surface area contributed by atoms with Crippen LogP contribution in [0.15, 0.2) is 18.2 Å². The molecular formula is C13H20N2. The number of benzene rings is 1. The van der Waals surface area contributed by atoms with Gasteiger partial charge in [-0.05, 0) is 25.3 Å². The molecule has 1 fully saturated rings. The second kappa shape index (κ2) is 4.33. The van der Waals surface area contributed by atoms with Crippen molar-refractivity contribution in [3.8, 4) is 0 Å². The molecule has 0 unspecified atom stereocenters. The van der Waals surface area contributed by atoms with E-state index in [0.29, 0.717) is 6.17 Å². The molecule has 0 aromatic heterocycles. The van der Waals surface area contributed by atoms with Crippen molar-refractivity contribution in [1.29, 1.82) is 0 Å². The summed E-state index contributed by atoms with van der Waals surface area (Å²) in [6, 6.07) is 6.73. The Morgan fingerprint density at radius 2 is 1.53 bits per heavy atom. The highest BCUT2D eigenvalue weighted by Crippen LogP contribution is 2.17. The monoisotopic (exact) mass is 204 g/mol. The maximum Gasteiger partial charge on any atom is 0.0835 e. The minimum atomic E-state index is 0.333. The molecule has 15 heavy (non-hydrogen) atoms. The van der Waals surface area contributed by atoms with Gasteiger partial charge < -0.3 is 0 Å². The Labute approximate surface area is 92.1 Å². The smallest absolute Gasteiger partial charge is 0.0835 e. The molecule has 1 aromatic rings. The second-order valence-corrected chi connectivity index (χ2v) is 4.78. The van der Waals surface area contributed by atoms with Crippen LogP contribution in [0.5, 0.6) is 0 Å². The van der Waals surface area contributed by atoms with Crippen molar-refractivity contribution in [1.82, 2.24) is 10.6 Å². The van der Waals surface area contributed by atoms with Gasteiger partial charge in [0.05, 0.1) is 6.17 Å². The minimum Gasteiger partial charge on any atom is -0.298 e. The highest BCUT2D eigenvalue weighted by atomic mass is 15.1. The van der Waals surface area contributed by atoms with Crippen molar-refractivity contribution in [3.05, 3.63) is 34.9 Å². The van der Waals surface area contributed by atoms with E-state index in [9.17, 15) is 0 Å². The van der Waals surface area contributed by atoms with Crippen LogP contribution in [0.3, 0.4) is 0 Å². The first-order valence-electron chi connectivity index (χ1n) is 5.70. The quantitative estimate of drug-likeness (QED) is 0.732. The lowest BCUT2D eigenvalue weighted by Crippen LogP contribution is -2.45. The van der Waals surface area contributed by atoms with Gasteiger partial charge in [0.25, 0.3) is 0 Å². The van der Waals surface area contributed by atoms with Crippen LogP contribution in [0.25, 0.3) is 0 Å². The minimum absolute atomic E-state index is 0.333. The van der Waals surface area contributed by atoms with Gasteiger partial charge in [-0.1, -0.05) is 36.2 Å². The van der Waals surface area contributed by atoms with Crippen LogP contribution in [-0.2, 0) is 0 Å². The normalized spacial score (nSPS) is 26.6. The molecule has 1 aliphatic rings. The standard InChI is InChI=1S/C13H20N2/c1-9-4-10(2)6-12(5-9)13-14-7-11(3)8-15-13/h4-6,11,13-15H,7-8H2,1-3H3. The molecular weight excluding hydrogens is 184 g/mol. The van der Waals surface area contributed by atoms with E-state index < -0.39 is 0 Å². The highest BCUT2D eigenvalue weighted by Gasteiger charge is 2.17. The summed E-state index contributed by atoms with van der Waals surface area (Å²) in [6.07, 6.45) is 0.333. The summed E-state index contributed by atoms with van der Waals surface area (Å²) in [4.78, 5) is 0. The Balaban J connectivity index is 2.15. The van der Waals surface area contributed by atoms with Crippen molar-refractivity contribution in [2.24, 2.45) is 5.92 Å². The van der Waals surface area contributed by atoms with Gasteiger partial charge in [0.15, 0.2) is 0 Å². The maximum absolute atomic E-state index is 3.53. The molecule has 0 spiro atoms. The molecule has 0 aliphatic carbocycles. The van der Waals surface area contributed by atoms with Crippen molar-refractivity contribution < 1.29 is 0 Å². The summed E-state index contributed by atoms with van der Waals surface area (Å²) in [5.74, 6) is 0.729. The van der Waals surface area contributed by atoms with Crippen molar-refractivity contribution in [2.45, 2.75) is 26.9 Å². The van der Waals surface area contributed by atoms with Crippen LogP contribution >= 0.6 is 0 Å². The molecule has 1 aliphatic heterocycles. The summed E-state index contributed by atoms with van der Waals surface area (Å²) in [5, 5.41) is 7.06. The first-order valence-corrected chi connectivity index (χ1v) is 5.70. The molecule has 0 radical (unpaired) electrons. The van der Waals surface area contributed by atoms with Gasteiger partial charge in [-0.2, -0.15) is 0 Å². The zero-order valence-electron chi connectivity index (χ0n) is 9.80. The third-order valence-corrected chi connectivity index (χ3v) is 2.92. The summed E-state index contributed by atoms with van der Waals surface area (Å²) in [5.41, 5.74) is 4.04. The molecule has 82 valence electrons. The molecule has 1 aromatic carbocycles. The fourth-order valence-electron chi connectivity index (χ4n) is 2.19. The van der Waals surface area contributed by atoms with Gasteiger partial charge in [0.1, 0.15) is 0 Å². The van der Waals surface area contributed by atoms with Gasteiger partial charge in [0.2, 0.25) is 0 Å². The molecule has 0 amide bonds. The predicted octanol–water partition coefficient (Wildman–Crippen LogP) is 2.13. The van der Waals surface area contributed by atoms with Crippen LogP contribution in [0.2, 0.25) is 0 Å². The molecule has 2 rings (SSSR count). The van der Waals surface area contributed by atoms with E-state index in [1.165, 1.54) is 16.7 Å². The van der Waals surface area contributed by atoms with Gasteiger partial charge in [-0.25, -0.2) is 0 Å². The van der Waals surface area contributed by atoms with Gasteiger partial charge >= 0.3 is 0 Å². The van der Waals surface area contributed by atoms with E-state index in [0.717, 1.165) is 19.0 Å². The zero-order chi connectivity index (χ0) is 10.8. The molecule has 0 bridgehead atoms. The lowest BCUT2D eigenvalue weighted by molar-refractivity contribution is 0.314. The van der Waals surface area contributed by atoms with E-state index >= 15 is 0 Å². The zero-order valence-corrected chi connectivity index (χ0v) is 9.80. The molecule has 0 atom stereocenters. The third-order valence-electron chi connectivity index (χ3n) is 2.92. The fourth-order valence-corrected chi connectivity index (χ4v) is 2.19. The predicted molar refractivity (Wildman–Crippen MR) is 63.8 cm³/mol. The summed E-state index contributed by atoms with van der Waals surface area (Å²) >= 11 is 0. The van der Waals surface area contributed by atoms with Gasteiger partial charge in [-0.15, -0.1) is 0 Å². The Kier molecular flexibility index (Phi) is 3.08. The number of hydrogen-bond donors (Lipinski definition) is 2. The van der Waals surface area contributed by atoms with Crippen molar-refractivity contribution >= 4 is 0 Å². The highest BCUT2D eigenvalue weighted by molar-refractivity contribution is 5.30. The first kappa shape index (κ1) is 10.7. The molecule has 1 heterocycles. The van der Waals surface area contributed by atoms with Crippen LogP contribution in [0.1, 0.15) is 29.8 Å². The van der Waals surface area contributed by atoms with Crippen LogP contribution in [-0.4, -0.2) is 13.1 Å². The van der Waals surface area contributed by atoms with E-state index in [-0.39, 0.29) is 0 Å². The summed E-state index contributed by atoms with van der Waals surface area (Å²) in [6.45, 7) is 8.77. The van der Waals surface area contributed by atoms with E-state index in [1.54, 1.807) is 0 Å². The van der Waals surface area contributed by atoms with E-state index in [1.807, 2.05) is 0 Å². The maximum atomic E-state index is 3.53. The van der Waals surface area contributed by atoms with Gasteiger partial charge in [-0.3, -0.25) is 10.6 Å². The molecule has 0 saturated carbocycles. The lowest BCUT2D eigenvalue weighted by Gasteiger charge is -2.30. The van der Waals surface area contributed by atoms with Crippen LogP contribution < -0.4 is 10.6 Å². The topological polar surface area (TPSA) is 24.1 Å². The van der Waals surface area contributed by atoms with Crippen molar-refractivity contribution in [3.63, 3.8) is 0 Å². The molecule has 1 saturated heterocycles. The van der Waals surface area contributed by atoms with Gasteiger partial charge in [0, 0.05) is 13.1 Å². The molecule has 2 heteroatoms. The summed E-state index contributed by atoms with van der Waals surface area (Å²) in [7, 11) is 0. The molecule has 2 nitrogen and oxygen atoms in total. The average Bonchev–Trinajstić information content (AvgIpc) is 2.17. The Hall–Kier alpha value is -0.860. The lowest BCUT2D eigenvalue weighted by atomic mass is 10.0. The Morgan fingerprint density at radius 3 is 2.07 bits per heavy atom. The third kappa shape index (κ3) is 2.58. The number of hydrogen-bond acceptors (Lipinski definition) is 2. The SMILES string of the molecule is Cc1cc(C)cc(C2NCC(C)CN2)c1. The summed E-state index contributed by atoms with van der Waals surface area (Å²) < 4.78 is 0. The fraction of sp³-hybridized carbons (Fsp3) is 0.538. The van der Waals surface area contributed by atoms with Crippen LogP contribution in [0.4, 0.5) is 0 Å². The number of rotatable bonds is 1. The number of aryl methyl sites for hydroxylation is 2. The first-order chi connectivity index (χ1) is 7.15. The van der Waals surface area contributed by atoms with E-state index in [4.69, 9.17) is 0 Å².